The third-order valence-electron chi connectivity index (χ3n) is 2.93. The fourth-order valence-corrected chi connectivity index (χ4v) is 4.62. The maximum atomic E-state index is 11.6. The molecule has 3 N–H and O–H groups in total. The predicted molar refractivity (Wildman–Crippen MR) is 118 cm³/mol. The van der Waals surface area contributed by atoms with E-state index < -0.39 is 27.4 Å². The third-order valence-corrected chi connectivity index (χ3v) is 7.84. The number of carbonyl (C=O) groups excluding carboxylic acids is 2. The average molecular weight is 527 g/mol. The number of alkyl halides is 1. The fraction of sp³-hybridized carbons (Fsp3) is 0.500. The summed E-state index contributed by atoms with van der Waals surface area (Å²) in [7, 11) is 3.23. The Balaban J connectivity index is 2.40. The van der Waals surface area contributed by atoms with Crippen LogP contribution in [0.15, 0.2) is 34.3 Å². The average Bonchev–Trinajstić information content (AvgIpc) is 2.68. The molecule has 0 aliphatic carbocycles. The van der Waals surface area contributed by atoms with Crippen molar-refractivity contribution in [2.24, 2.45) is 5.11 Å². The van der Waals surface area contributed by atoms with Crippen LogP contribution >= 0.6 is 42.9 Å². The van der Waals surface area contributed by atoms with Crippen molar-refractivity contribution in [2.75, 3.05) is 17.5 Å². The zero-order chi connectivity index (χ0) is 21.0. The molecule has 0 aliphatic rings. The van der Waals surface area contributed by atoms with E-state index in [1.54, 1.807) is 21.6 Å². The van der Waals surface area contributed by atoms with Crippen LogP contribution in [-0.4, -0.2) is 34.9 Å². The first-order chi connectivity index (χ1) is 13.3. The van der Waals surface area contributed by atoms with Crippen molar-refractivity contribution >= 4 is 54.9 Å². The van der Waals surface area contributed by atoms with Crippen LogP contribution in [0.1, 0.15) is 26.3 Å². The Morgan fingerprint density at radius 1 is 1.41 bits per heavy atom. The molecule has 0 aliphatic heterocycles. The van der Waals surface area contributed by atoms with Gasteiger partial charge in [0.15, 0.2) is 0 Å². The topological polar surface area (TPSA) is 118 Å². The van der Waals surface area contributed by atoms with Crippen LogP contribution in [0.25, 0.3) is 0 Å². The first-order valence-corrected chi connectivity index (χ1v) is 12.9. The van der Waals surface area contributed by atoms with Gasteiger partial charge in [-0.1, -0.05) is 0 Å². The third kappa shape index (κ3) is 11.2. The summed E-state index contributed by atoms with van der Waals surface area (Å²) in [6.07, 6.45) is -0.524. The number of nitrogens with one attached hydrogen (secondary N) is 3. The molecule has 0 unspecified atom stereocenters. The van der Waals surface area contributed by atoms with Gasteiger partial charge < -0.3 is 5.32 Å². The Bertz CT molecular complexity index is 702. The van der Waals surface area contributed by atoms with Gasteiger partial charge in [0.05, 0.1) is 0 Å². The van der Waals surface area contributed by atoms with Crippen LogP contribution in [0.5, 0.6) is 0 Å². The van der Waals surface area contributed by atoms with Crippen LogP contribution in [0.3, 0.4) is 0 Å². The van der Waals surface area contributed by atoms with E-state index in [0.29, 0.717) is 11.0 Å². The molecule has 1 aromatic rings. The second-order valence-electron chi connectivity index (χ2n) is 5.82. The molecule has 0 bridgehead atoms. The first kappa shape index (κ1) is 22.0. The summed E-state index contributed by atoms with van der Waals surface area (Å²) in [4.78, 5) is 27.0. The van der Waals surface area contributed by atoms with Gasteiger partial charge in [0, 0.05) is 0 Å². The summed E-state index contributed by atoms with van der Waals surface area (Å²) in [6, 6.07) is 7.70. The zero-order valence-corrected chi connectivity index (χ0v) is 19.2. The van der Waals surface area contributed by atoms with E-state index in [-0.39, 0.29) is 23.8 Å². The van der Waals surface area contributed by atoms with Gasteiger partial charge in [0.2, 0.25) is 17.4 Å². The number of benzene rings is 1. The van der Waals surface area contributed by atoms with Crippen molar-refractivity contribution < 1.29 is 14.3 Å². The van der Waals surface area contributed by atoms with Crippen molar-refractivity contribution in [3.8, 4) is 0 Å². The molecular formula is C16H25IN5O3S2+. The standard InChI is InChI=1S/C16H24IN5O3S2/c1-4-17-21-15(24)25-10-12-5-7-13(8-6-12)26-27-16(2,3)11-19-14(23)9-20-22-18/h5-8,17-18H,4,9-11H2,1-3H3,(H-,19,21,23,24)/p+1/i17D. The van der Waals surface area contributed by atoms with Gasteiger partial charge in [0.1, 0.15) is 10.6 Å². The molecule has 0 saturated heterocycles. The fourth-order valence-electron chi connectivity index (χ4n) is 1.60. The Hall–Kier alpha value is -1.30. The van der Waals surface area contributed by atoms with Crippen molar-refractivity contribution in [3.05, 3.63) is 29.8 Å². The number of carbonyl (C=O) groups is 2. The van der Waals surface area contributed by atoms with Crippen LogP contribution in [0, 0.1) is 5.53 Å². The van der Waals surface area contributed by atoms with Gasteiger partial charge in [-0.3, -0.25) is 4.79 Å². The van der Waals surface area contributed by atoms with Crippen LogP contribution in [0.2, 0.25) is 0 Å². The van der Waals surface area contributed by atoms with Gasteiger partial charge in [-0.2, -0.15) is 0 Å². The van der Waals surface area contributed by atoms with Crippen molar-refractivity contribution in [1.29, 1.82) is 6.12 Å². The zero-order valence-electron chi connectivity index (χ0n) is 16.5. The molecule has 1 aromatic carbocycles. The number of amides is 2. The minimum atomic E-state index is -2.11. The molecule has 8 nitrogen and oxygen atoms in total. The maximum absolute atomic E-state index is 11.6. The second-order valence-corrected chi connectivity index (χ2v) is 11.6. The monoisotopic (exact) mass is 527 g/mol. The molecule has 0 atom stereocenters. The molecule has 0 spiro atoms. The molecule has 150 valence electrons. The van der Waals surface area contributed by atoms with Gasteiger partial charge in [-0.25, -0.2) is 0 Å². The summed E-state index contributed by atoms with van der Waals surface area (Å²) >= 11 is -2.11. The normalized spacial score (nSPS) is 11.7. The number of rotatable bonds is 11. The summed E-state index contributed by atoms with van der Waals surface area (Å²) in [5.41, 5.74) is 7.42. The molecular weight excluding hydrogens is 501 g/mol. The van der Waals surface area contributed by atoms with E-state index >= 15 is 0 Å². The molecule has 0 heterocycles. The van der Waals surface area contributed by atoms with Gasteiger partial charge >= 0.3 is 140 Å². The number of nitrogens with zero attached hydrogens (tertiary/aromatic N) is 2. The van der Waals surface area contributed by atoms with Gasteiger partial charge in [-0.05, 0) is 0 Å². The Morgan fingerprint density at radius 2 is 2.11 bits per heavy atom. The van der Waals surface area contributed by atoms with Gasteiger partial charge in [0.25, 0.3) is 0 Å². The molecule has 0 aromatic heterocycles. The van der Waals surface area contributed by atoms with Gasteiger partial charge in [-0.15, -0.1) is 0 Å². The first-order valence-electron chi connectivity index (χ1n) is 8.49. The summed E-state index contributed by atoms with van der Waals surface area (Å²) in [5, 5.41) is 6.12. The predicted octanol–water partition coefficient (Wildman–Crippen LogP) is 3.74. The summed E-state index contributed by atoms with van der Waals surface area (Å²) in [5.74, 6) is -0.262. The molecule has 2 amide bonds. The Labute approximate surface area is 178 Å². The number of halogens is 1. The number of hydrogen-bond acceptors (Lipinski definition) is 7. The Morgan fingerprint density at radius 3 is 2.74 bits per heavy atom. The van der Waals surface area contributed by atoms with E-state index in [2.05, 4.69) is 18.9 Å². The molecule has 11 heteroatoms. The second kappa shape index (κ2) is 13.0. The minimum absolute atomic E-state index is 0.137. The van der Waals surface area contributed by atoms with Crippen molar-refractivity contribution in [3.63, 3.8) is 0 Å². The quantitative estimate of drug-likeness (QED) is 0.101. The molecule has 27 heavy (non-hydrogen) atoms. The number of hydrogen-bond donors (Lipinski definition) is 3. The van der Waals surface area contributed by atoms with Crippen LogP contribution in [-0.2, 0) is 16.1 Å². The molecule has 0 fully saturated rings. The van der Waals surface area contributed by atoms with E-state index in [9.17, 15) is 9.59 Å². The molecule has 0 saturated carbocycles. The molecule has 1 rings (SSSR count). The van der Waals surface area contributed by atoms with Crippen LogP contribution in [0.4, 0.5) is 4.79 Å². The summed E-state index contributed by atoms with van der Waals surface area (Å²) < 4.78 is 15.8. The van der Waals surface area contributed by atoms with Crippen molar-refractivity contribution in [1.82, 2.24) is 13.8 Å². The van der Waals surface area contributed by atoms with E-state index in [1.807, 2.05) is 45.0 Å². The molecule has 0 radical (unpaired) electrons. The summed E-state index contributed by atoms with van der Waals surface area (Å²) in [6.45, 7) is 6.44. The van der Waals surface area contributed by atoms with E-state index in [0.717, 1.165) is 10.5 Å². The number of ether oxygens (including phenoxy) is 1. The van der Waals surface area contributed by atoms with Crippen molar-refractivity contribution in [2.45, 2.75) is 37.0 Å². The van der Waals surface area contributed by atoms with Crippen LogP contribution < -0.4 is 13.8 Å². The van der Waals surface area contributed by atoms with E-state index in [4.69, 9.17) is 10.9 Å². The SMILES string of the molecule is [2H]I(CC)NC(=O)OCc1ccc(SSC(C)(C)CNC(=O)CN=[N+]=N)cc1. The van der Waals surface area contributed by atoms with E-state index in [1.165, 1.54) is 0 Å². The Kier molecular flexibility index (Phi) is 10.6.